The van der Waals surface area contributed by atoms with Gasteiger partial charge in [-0.1, -0.05) is 11.2 Å². The molecule has 1 aromatic heterocycles. The van der Waals surface area contributed by atoms with Gasteiger partial charge in [-0.05, 0) is 36.9 Å². The first-order valence-electron chi connectivity index (χ1n) is 10.9. The Hall–Kier alpha value is -2.76. The Balaban J connectivity index is 1.37. The summed E-state index contributed by atoms with van der Waals surface area (Å²) in [6, 6.07) is 6.01. The van der Waals surface area contributed by atoms with E-state index in [9.17, 15) is 9.18 Å². The number of thioether (sulfide) groups is 1. The van der Waals surface area contributed by atoms with Crippen molar-refractivity contribution < 1.29 is 28.2 Å². The van der Waals surface area contributed by atoms with Crippen molar-refractivity contribution in [3.8, 4) is 5.75 Å². The van der Waals surface area contributed by atoms with E-state index in [0.29, 0.717) is 42.4 Å². The number of methoxy groups -OCH3 is 1. The number of hydrogen-bond donors (Lipinski definition) is 1. The normalized spacial score (nSPS) is 22.1. The maximum absolute atomic E-state index is 13.6. The second kappa shape index (κ2) is 11.1. The third kappa shape index (κ3) is 5.83. The van der Waals surface area contributed by atoms with Gasteiger partial charge in [0, 0.05) is 18.7 Å². The number of benzene rings is 1. The van der Waals surface area contributed by atoms with Crippen molar-refractivity contribution in [1.82, 2.24) is 15.3 Å². The topological polar surface area (TPSA) is 104 Å². The first-order chi connectivity index (χ1) is 16.5. The Morgan fingerprint density at radius 1 is 1.24 bits per heavy atom. The average Bonchev–Trinajstić information content (AvgIpc) is 3.34. The zero-order valence-corrected chi connectivity index (χ0v) is 20.1. The van der Waals surface area contributed by atoms with E-state index in [0.717, 1.165) is 5.75 Å². The minimum Gasteiger partial charge on any atom is -0.494 e. The lowest BCUT2D eigenvalue weighted by atomic mass is 10.0. The molecule has 1 aromatic carbocycles. The number of amides is 1. The van der Waals surface area contributed by atoms with Crippen molar-refractivity contribution in [2.75, 3.05) is 32.3 Å². The number of aryl methyl sites for hydroxylation is 1. The summed E-state index contributed by atoms with van der Waals surface area (Å²) in [6.07, 6.45) is 2.14. The Morgan fingerprint density at radius 3 is 2.82 bits per heavy atom. The maximum Gasteiger partial charge on any atom is 0.270 e. The van der Waals surface area contributed by atoms with Crippen molar-refractivity contribution in [2.45, 2.75) is 38.2 Å². The molecule has 3 atom stereocenters. The summed E-state index contributed by atoms with van der Waals surface area (Å²) in [5.41, 5.74) is 2.06. The number of carbonyl (C=O) groups is 1. The van der Waals surface area contributed by atoms with Gasteiger partial charge in [-0.2, -0.15) is 11.8 Å². The van der Waals surface area contributed by atoms with Gasteiger partial charge in [0.25, 0.3) is 5.91 Å². The molecular formula is C23H27FN4O5S. The predicted molar refractivity (Wildman–Crippen MR) is 125 cm³/mol. The summed E-state index contributed by atoms with van der Waals surface area (Å²) in [4.78, 5) is 27.0. The summed E-state index contributed by atoms with van der Waals surface area (Å²) in [5, 5.41) is 6.98. The first kappa shape index (κ1) is 24.4. The molecule has 0 bridgehead atoms. The van der Waals surface area contributed by atoms with Crippen molar-refractivity contribution in [1.29, 1.82) is 0 Å². The van der Waals surface area contributed by atoms with Crippen molar-refractivity contribution in [3.63, 3.8) is 0 Å². The molecule has 2 aliphatic heterocycles. The Kier molecular flexibility index (Phi) is 7.96. The molecule has 0 saturated carbocycles. The molecule has 0 radical (unpaired) electrons. The molecule has 1 amide bonds. The van der Waals surface area contributed by atoms with E-state index < -0.39 is 5.82 Å². The molecule has 182 valence electrons. The van der Waals surface area contributed by atoms with Crippen LogP contribution in [0.2, 0.25) is 0 Å². The Bertz CT molecular complexity index is 1060. The number of oxime groups is 1. The van der Waals surface area contributed by atoms with Crippen molar-refractivity contribution in [3.05, 3.63) is 52.9 Å². The van der Waals surface area contributed by atoms with E-state index >= 15 is 0 Å². The second-order valence-corrected chi connectivity index (χ2v) is 8.92. The fraction of sp³-hybridized carbons (Fsp3) is 0.478. The molecule has 3 unspecified atom stereocenters. The number of aromatic nitrogens is 2. The highest BCUT2D eigenvalue weighted by atomic mass is 32.2. The third-order valence-electron chi connectivity index (χ3n) is 5.49. The van der Waals surface area contributed by atoms with Gasteiger partial charge in [-0.25, -0.2) is 14.4 Å². The number of nitrogens with zero attached hydrogens (tertiary/aromatic N) is 3. The van der Waals surface area contributed by atoms with E-state index in [2.05, 4.69) is 20.4 Å². The molecule has 11 heteroatoms. The number of hydrogen-bond acceptors (Lipinski definition) is 9. The van der Waals surface area contributed by atoms with Gasteiger partial charge >= 0.3 is 0 Å². The zero-order chi connectivity index (χ0) is 24.1. The third-order valence-corrected chi connectivity index (χ3v) is 6.19. The summed E-state index contributed by atoms with van der Waals surface area (Å²) < 4.78 is 30.4. The van der Waals surface area contributed by atoms with Crippen LogP contribution in [0.3, 0.4) is 0 Å². The molecule has 1 N–H and O–H groups in total. The number of ether oxygens (including phenoxy) is 3. The number of carbonyl (C=O) groups excluding carboxylic acids is 1. The minimum atomic E-state index is -0.462. The van der Waals surface area contributed by atoms with Crippen LogP contribution in [0.5, 0.6) is 5.75 Å². The SMILES string of the molecule is COc1cc(CNC(=O)c2cc(C3=NOC(C4COC(CSC)CO4)C3)nc(C)n2)ccc1F. The molecule has 1 saturated heterocycles. The number of rotatable bonds is 8. The monoisotopic (exact) mass is 490 g/mol. The van der Waals surface area contributed by atoms with Crippen LogP contribution in [-0.2, 0) is 20.9 Å². The number of nitrogens with one attached hydrogen (secondary N) is 1. The lowest BCUT2D eigenvalue weighted by molar-refractivity contribution is -0.165. The highest BCUT2D eigenvalue weighted by Gasteiger charge is 2.35. The summed E-state index contributed by atoms with van der Waals surface area (Å²) in [5.74, 6) is 0.605. The van der Waals surface area contributed by atoms with Crippen LogP contribution in [0, 0.1) is 12.7 Å². The smallest absolute Gasteiger partial charge is 0.270 e. The second-order valence-electron chi connectivity index (χ2n) is 8.01. The molecule has 2 aromatic rings. The molecule has 34 heavy (non-hydrogen) atoms. The highest BCUT2D eigenvalue weighted by molar-refractivity contribution is 7.98. The van der Waals surface area contributed by atoms with Gasteiger partial charge in [0.15, 0.2) is 17.7 Å². The van der Waals surface area contributed by atoms with Gasteiger partial charge in [0.2, 0.25) is 0 Å². The van der Waals surface area contributed by atoms with Gasteiger partial charge in [-0.3, -0.25) is 4.79 Å². The summed E-state index contributed by atoms with van der Waals surface area (Å²) >= 11 is 1.72. The van der Waals surface area contributed by atoms with E-state index in [-0.39, 0.29) is 42.2 Å². The van der Waals surface area contributed by atoms with Crippen LogP contribution in [0.1, 0.15) is 34.0 Å². The van der Waals surface area contributed by atoms with Crippen LogP contribution in [0.15, 0.2) is 29.4 Å². The minimum absolute atomic E-state index is 0.0922. The van der Waals surface area contributed by atoms with Crippen LogP contribution >= 0.6 is 11.8 Å². The van der Waals surface area contributed by atoms with Crippen LogP contribution in [0.25, 0.3) is 0 Å². The average molecular weight is 491 g/mol. The lowest BCUT2D eigenvalue weighted by Gasteiger charge is -2.31. The molecule has 9 nitrogen and oxygen atoms in total. The summed E-state index contributed by atoms with van der Waals surface area (Å²) in [6.45, 7) is 2.88. The van der Waals surface area contributed by atoms with Gasteiger partial charge < -0.3 is 24.4 Å². The van der Waals surface area contributed by atoms with Gasteiger partial charge in [-0.15, -0.1) is 0 Å². The van der Waals surface area contributed by atoms with Crippen LogP contribution < -0.4 is 10.1 Å². The lowest BCUT2D eigenvalue weighted by Crippen LogP contribution is -2.43. The van der Waals surface area contributed by atoms with E-state index in [1.54, 1.807) is 30.8 Å². The Morgan fingerprint density at radius 2 is 2.09 bits per heavy atom. The standard InChI is InChI=1S/C23H27FN4O5S/c1-13-26-17(18-8-21(33-28-18)22-11-31-15(10-32-22)12-34-3)7-19(27-13)23(29)25-9-14-4-5-16(24)20(6-14)30-2/h4-7,15,21-22H,8-12H2,1-3H3,(H,25,29). The highest BCUT2D eigenvalue weighted by Crippen LogP contribution is 2.24. The van der Waals surface area contributed by atoms with Crippen LogP contribution in [-0.4, -0.2) is 72.2 Å². The van der Waals surface area contributed by atoms with Gasteiger partial charge in [0.05, 0.1) is 32.1 Å². The fourth-order valence-electron chi connectivity index (χ4n) is 3.72. The fourth-order valence-corrected chi connectivity index (χ4v) is 4.29. The predicted octanol–water partition coefficient (Wildman–Crippen LogP) is 2.50. The molecule has 1 fully saturated rings. The van der Waals surface area contributed by atoms with E-state index in [1.807, 2.05) is 6.26 Å². The molecule has 0 aliphatic carbocycles. The first-order valence-corrected chi connectivity index (χ1v) is 12.3. The van der Waals surface area contributed by atoms with Crippen molar-refractivity contribution in [2.24, 2.45) is 5.16 Å². The molecule has 2 aliphatic rings. The largest absolute Gasteiger partial charge is 0.494 e. The molecule has 4 rings (SSSR count). The molecule has 3 heterocycles. The molecule has 0 spiro atoms. The Labute approximate surface area is 201 Å². The van der Waals surface area contributed by atoms with E-state index in [4.69, 9.17) is 19.0 Å². The summed E-state index contributed by atoms with van der Waals surface area (Å²) in [7, 11) is 1.39. The van der Waals surface area contributed by atoms with Crippen molar-refractivity contribution >= 4 is 23.4 Å². The van der Waals surface area contributed by atoms with E-state index in [1.165, 1.54) is 19.2 Å². The van der Waals surface area contributed by atoms with Crippen LogP contribution in [0.4, 0.5) is 4.39 Å². The van der Waals surface area contributed by atoms with Gasteiger partial charge in [0.1, 0.15) is 23.3 Å². The quantitative estimate of drug-likeness (QED) is 0.602. The number of halogens is 1. The zero-order valence-electron chi connectivity index (χ0n) is 19.2. The maximum atomic E-state index is 13.6. The molecular weight excluding hydrogens is 463 g/mol.